The molecule has 0 spiro atoms. The molecule has 0 saturated heterocycles. The van der Waals surface area contributed by atoms with Gasteiger partial charge in [-0.15, -0.1) is 0 Å². The van der Waals surface area contributed by atoms with Crippen LogP contribution in [-0.2, 0) is 22.5 Å². The van der Waals surface area contributed by atoms with E-state index >= 15 is 0 Å². The number of para-hydroxylation sites is 3. The molecule has 1 heterocycles. The fourth-order valence-corrected chi connectivity index (χ4v) is 3.65. The molecule has 6 nitrogen and oxygen atoms in total. The molecule has 2 aromatic carbocycles. The first kappa shape index (κ1) is 21.8. The van der Waals surface area contributed by atoms with Crippen LogP contribution in [0.4, 0.5) is 0 Å². The predicted molar refractivity (Wildman–Crippen MR) is 119 cm³/mol. The van der Waals surface area contributed by atoms with Crippen molar-refractivity contribution in [2.24, 2.45) is 0 Å². The minimum Gasteiger partial charge on any atom is -0.493 e. The Balaban J connectivity index is 1.59. The van der Waals surface area contributed by atoms with Gasteiger partial charge in [-0.3, -0.25) is 4.79 Å². The van der Waals surface area contributed by atoms with Crippen LogP contribution < -0.4 is 10.1 Å². The molecule has 1 aromatic heterocycles. The Hall–Kier alpha value is -2.86. The van der Waals surface area contributed by atoms with Gasteiger partial charge in [0.15, 0.2) is 0 Å². The molecule has 1 amide bonds. The third-order valence-corrected chi connectivity index (χ3v) is 5.09. The summed E-state index contributed by atoms with van der Waals surface area (Å²) in [6.07, 6.45) is 2.53. The minimum absolute atomic E-state index is 0.0883. The average molecular weight is 410 g/mol. The van der Waals surface area contributed by atoms with Gasteiger partial charge in [0.25, 0.3) is 0 Å². The molecule has 6 heteroatoms. The van der Waals surface area contributed by atoms with Gasteiger partial charge < -0.3 is 19.4 Å². The van der Waals surface area contributed by atoms with Crippen molar-refractivity contribution in [2.45, 2.75) is 39.7 Å². The maximum absolute atomic E-state index is 11.5. The van der Waals surface area contributed by atoms with E-state index in [9.17, 15) is 4.79 Å². The van der Waals surface area contributed by atoms with Crippen LogP contribution in [0.5, 0.6) is 5.75 Å². The number of aromatic nitrogens is 2. The molecular formula is C24H31N3O3. The zero-order valence-electron chi connectivity index (χ0n) is 18.1. The highest BCUT2D eigenvalue weighted by Gasteiger charge is 2.11. The molecule has 0 atom stereocenters. The van der Waals surface area contributed by atoms with Crippen LogP contribution in [-0.4, -0.2) is 42.3 Å². The van der Waals surface area contributed by atoms with Crippen LogP contribution in [0.25, 0.3) is 11.0 Å². The topological polar surface area (TPSA) is 65.4 Å². The number of methoxy groups -OCH3 is 1. The fraction of sp³-hybridized carbons (Fsp3) is 0.417. The summed E-state index contributed by atoms with van der Waals surface area (Å²) < 4.78 is 13.2. The van der Waals surface area contributed by atoms with E-state index in [0.717, 1.165) is 48.4 Å². The maximum atomic E-state index is 11.5. The Morgan fingerprint density at radius 1 is 1.07 bits per heavy atom. The molecule has 0 saturated carbocycles. The van der Waals surface area contributed by atoms with E-state index in [-0.39, 0.29) is 12.5 Å². The van der Waals surface area contributed by atoms with Gasteiger partial charge in [-0.25, -0.2) is 4.98 Å². The summed E-state index contributed by atoms with van der Waals surface area (Å²) >= 11 is 0. The number of benzene rings is 2. The van der Waals surface area contributed by atoms with Crippen molar-refractivity contribution < 1.29 is 14.3 Å². The van der Waals surface area contributed by atoms with E-state index in [1.54, 1.807) is 0 Å². The van der Waals surface area contributed by atoms with E-state index in [1.807, 2.05) is 18.2 Å². The number of hydrogen-bond acceptors (Lipinski definition) is 4. The number of nitrogens with zero attached hydrogens (tertiary/aromatic N) is 2. The van der Waals surface area contributed by atoms with Crippen molar-refractivity contribution >= 4 is 16.9 Å². The molecule has 3 aromatic rings. The second-order valence-corrected chi connectivity index (χ2v) is 7.48. The Morgan fingerprint density at radius 2 is 1.83 bits per heavy atom. The van der Waals surface area contributed by atoms with Crippen LogP contribution in [0, 0.1) is 13.8 Å². The summed E-state index contributed by atoms with van der Waals surface area (Å²) in [5.74, 6) is 1.94. The molecule has 0 radical (unpaired) electrons. The smallest absolute Gasteiger partial charge is 0.245 e. The summed E-state index contributed by atoms with van der Waals surface area (Å²) in [5.41, 5.74) is 4.48. The molecule has 0 aliphatic heterocycles. The van der Waals surface area contributed by atoms with E-state index in [4.69, 9.17) is 14.5 Å². The molecular weight excluding hydrogens is 378 g/mol. The highest BCUT2D eigenvalue weighted by Crippen LogP contribution is 2.23. The van der Waals surface area contributed by atoms with Crippen molar-refractivity contribution in [3.63, 3.8) is 0 Å². The summed E-state index contributed by atoms with van der Waals surface area (Å²) in [5, 5.41) is 2.87. The van der Waals surface area contributed by atoms with Crippen molar-refractivity contribution in [1.82, 2.24) is 14.9 Å². The minimum atomic E-state index is -0.0883. The van der Waals surface area contributed by atoms with Gasteiger partial charge in [0.05, 0.1) is 17.6 Å². The third-order valence-electron chi connectivity index (χ3n) is 5.09. The zero-order chi connectivity index (χ0) is 21.3. The number of ether oxygens (including phenoxy) is 2. The summed E-state index contributed by atoms with van der Waals surface area (Å²) in [4.78, 5) is 16.3. The number of hydrogen-bond donors (Lipinski definition) is 1. The Morgan fingerprint density at radius 3 is 2.60 bits per heavy atom. The van der Waals surface area contributed by atoms with Crippen LogP contribution in [0.2, 0.25) is 0 Å². The zero-order valence-corrected chi connectivity index (χ0v) is 18.1. The quantitative estimate of drug-likeness (QED) is 0.489. The summed E-state index contributed by atoms with van der Waals surface area (Å²) in [6.45, 7) is 6.37. The second-order valence-electron chi connectivity index (χ2n) is 7.48. The molecule has 3 rings (SSSR count). The van der Waals surface area contributed by atoms with Crippen LogP contribution in [0.15, 0.2) is 42.5 Å². The summed E-state index contributed by atoms with van der Waals surface area (Å²) in [7, 11) is 1.52. The van der Waals surface area contributed by atoms with Crippen molar-refractivity contribution in [3.8, 4) is 5.75 Å². The maximum Gasteiger partial charge on any atom is 0.245 e. The fourth-order valence-electron chi connectivity index (χ4n) is 3.65. The molecule has 160 valence electrons. The van der Waals surface area contributed by atoms with E-state index in [1.165, 1.54) is 18.2 Å². The number of nitrogens with one attached hydrogen (secondary N) is 1. The first-order valence-electron chi connectivity index (χ1n) is 10.5. The lowest BCUT2D eigenvalue weighted by Crippen LogP contribution is -2.28. The standard InChI is InChI=1S/C24H31N3O3/c1-18-9-6-10-19(2)24(18)30-16-8-15-27-21-12-5-4-11-20(21)26-22(27)13-7-14-25-23(28)17-29-3/h4-6,9-12H,7-8,13-17H2,1-3H3,(H,25,28). The molecule has 1 N–H and O–H groups in total. The largest absolute Gasteiger partial charge is 0.493 e. The van der Waals surface area contributed by atoms with E-state index < -0.39 is 0 Å². The Kier molecular flexibility index (Phi) is 7.85. The summed E-state index contributed by atoms with van der Waals surface area (Å²) in [6, 6.07) is 14.4. The number of carbonyl (C=O) groups excluding carboxylic acids is 1. The highest BCUT2D eigenvalue weighted by atomic mass is 16.5. The Labute approximate surface area is 178 Å². The van der Waals surface area contributed by atoms with Gasteiger partial charge in [0.1, 0.15) is 18.2 Å². The van der Waals surface area contributed by atoms with Crippen LogP contribution in [0.3, 0.4) is 0 Å². The van der Waals surface area contributed by atoms with Crippen LogP contribution >= 0.6 is 0 Å². The molecule has 0 fully saturated rings. The van der Waals surface area contributed by atoms with Gasteiger partial charge in [-0.2, -0.15) is 0 Å². The molecule has 0 aliphatic carbocycles. The number of imidazole rings is 1. The molecule has 30 heavy (non-hydrogen) atoms. The van der Waals surface area contributed by atoms with Crippen molar-refractivity contribution in [2.75, 3.05) is 26.9 Å². The molecule has 0 aliphatic rings. The van der Waals surface area contributed by atoms with Gasteiger partial charge >= 0.3 is 0 Å². The van der Waals surface area contributed by atoms with Gasteiger partial charge in [-0.1, -0.05) is 30.3 Å². The number of rotatable bonds is 11. The lowest BCUT2D eigenvalue weighted by molar-refractivity contribution is -0.124. The number of fused-ring (bicyclic) bond motifs is 1. The second kappa shape index (κ2) is 10.8. The average Bonchev–Trinajstić information content (AvgIpc) is 3.08. The van der Waals surface area contributed by atoms with Gasteiger partial charge in [0.2, 0.25) is 5.91 Å². The van der Waals surface area contributed by atoms with E-state index in [2.05, 4.69) is 48.0 Å². The normalized spacial score (nSPS) is 11.0. The molecule has 0 bridgehead atoms. The Bertz CT molecular complexity index is 961. The number of carbonyl (C=O) groups is 1. The van der Waals surface area contributed by atoms with Gasteiger partial charge in [-0.05, 0) is 49.9 Å². The molecule has 0 unspecified atom stereocenters. The first-order valence-corrected chi connectivity index (χ1v) is 10.5. The monoisotopic (exact) mass is 409 g/mol. The number of aryl methyl sites for hydroxylation is 4. The van der Waals surface area contributed by atoms with Crippen molar-refractivity contribution in [1.29, 1.82) is 0 Å². The SMILES string of the molecule is COCC(=O)NCCCc1nc2ccccc2n1CCCOc1c(C)cccc1C. The van der Waals surface area contributed by atoms with Crippen LogP contribution in [0.1, 0.15) is 29.8 Å². The lowest BCUT2D eigenvalue weighted by Gasteiger charge is -2.13. The van der Waals surface area contributed by atoms with E-state index in [0.29, 0.717) is 13.2 Å². The van der Waals surface area contributed by atoms with Gasteiger partial charge in [0, 0.05) is 26.6 Å². The third kappa shape index (κ3) is 5.60. The first-order chi connectivity index (χ1) is 14.6. The number of amides is 1. The highest BCUT2D eigenvalue weighted by molar-refractivity contribution is 5.77. The lowest BCUT2D eigenvalue weighted by atomic mass is 10.1. The van der Waals surface area contributed by atoms with Crippen molar-refractivity contribution in [3.05, 3.63) is 59.4 Å². The predicted octanol–water partition coefficient (Wildman–Crippen LogP) is 3.82.